The van der Waals surface area contributed by atoms with Crippen molar-refractivity contribution in [2.45, 2.75) is 31.1 Å². The summed E-state index contributed by atoms with van der Waals surface area (Å²) in [6, 6.07) is -4.50. The minimum atomic E-state index is -1.25. The molecule has 10 nitrogen and oxygen atoms in total. The molecule has 0 aliphatic carbocycles. The van der Waals surface area contributed by atoms with Crippen molar-refractivity contribution in [2.75, 3.05) is 18.1 Å². The minimum Gasteiger partial charge on any atom is -0.480 e. The molecule has 0 rings (SSSR count). The summed E-state index contributed by atoms with van der Waals surface area (Å²) in [5.74, 6) is -3.61. The van der Waals surface area contributed by atoms with Crippen LogP contribution >= 0.6 is 25.3 Å². The summed E-state index contributed by atoms with van der Waals surface area (Å²) < 4.78 is 0. The molecule has 4 atom stereocenters. The lowest BCUT2D eigenvalue weighted by atomic mass is 10.2. The van der Waals surface area contributed by atoms with Crippen LogP contribution in [0.25, 0.3) is 0 Å². The number of amides is 3. The van der Waals surface area contributed by atoms with Crippen LogP contribution in [0.4, 0.5) is 0 Å². The number of nitrogens with one attached hydrogen (secondary N) is 3. The summed E-state index contributed by atoms with van der Waals surface area (Å²) in [6.07, 6.45) is 0. The van der Waals surface area contributed by atoms with Gasteiger partial charge in [0.2, 0.25) is 17.7 Å². The number of thiol groups is 2. The fraction of sp³-hybridized carbons (Fsp3) is 0.667. The van der Waals surface area contributed by atoms with E-state index in [-0.39, 0.29) is 11.5 Å². The highest BCUT2D eigenvalue weighted by Gasteiger charge is 2.27. The molecule has 12 heteroatoms. The lowest BCUT2D eigenvalue weighted by Crippen LogP contribution is -2.57. The molecule has 0 aliphatic heterocycles. The van der Waals surface area contributed by atoms with Gasteiger partial charge in [0.1, 0.15) is 24.2 Å². The first kappa shape index (κ1) is 22.5. The minimum absolute atomic E-state index is 0.0710. The zero-order valence-electron chi connectivity index (χ0n) is 12.9. The summed E-state index contributed by atoms with van der Waals surface area (Å²) in [7, 11) is 0. The maximum Gasteiger partial charge on any atom is 0.327 e. The summed E-state index contributed by atoms with van der Waals surface area (Å²) >= 11 is 7.74. The number of hydrogen-bond donors (Lipinski definition) is 8. The molecule has 4 unspecified atom stereocenters. The van der Waals surface area contributed by atoms with Gasteiger partial charge < -0.3 is 31.9 Å². The Morgan fingerprint density at radius 1 is 0.958 bits per heavy atom. The van der Waals surface area contributed by atoms with Crippen LogP contribution in [0.5, 0.6) is 0 Å². The van der Waals surface area contributed by atoms with Crippen LogP contribution in [0, 0.1) is 0 Å². The maximum atomic E-state index is 12.0. The molecule has 3 amide bonds. The van der Waals surface area contributed by atoms with Crippen molar-refractivity contribution in [3.05, 3.63) is 0 Å². The van der Waals surface area contributed by atoms with Crippen molar-refractivity contribution >= 4 is 48.9 Å². The zero-order valence-corrected chi connectivity index (χ0v) is 14.7. The quantitative estimate of drug-likeness (QED) is 0.183. The molecule has 24 heavy (non-hydrogen) atoms. The number of aliphatic hydroxyl groups is 1. The lowest BCUT2D eigenvalue weighted by molar-refractivity contribution is -0.141. The summed E-state index contributed by atoms with van der Waals surface area (Å²) in [5.41, 5.74) is 5.32. The number of hydrogen-bond acceptors (Lipinski definition) is 8. The molecule has 7 N–H and O–H groups in total. The van der Waals surface area contributed by atoms with E-state index in [9.17, 15) is 19.2 Å². The van der Waals surface area contributed by atoms with Gasteiger partial charge in [-0.2, -0.15) is 25.3 Å². The smallest absolute Gasteiger partial charge is 0.327 e. The fourth-order valence-electron chi connectivity index (χ4n) is 1.42. The van der Waals surface area contributed by atoms with E-state index in [1.807, 2.05) is 0 Å². The molecule has 0 saturated carbocycles. The second-order valence-electron chi connectivity index (χ2n) is 4.85. The van der Waals surface area contributed by atoms with E-state index in [0.717, 1.165) is 0 Å². The molecule has 0 fully saturated rings. The number of nitrogens with two attached hydrogens (primary N) is 1. The van der Waals surface area contributed by atoms with Gasteiger partial charge in [-0.25, -0.2) is 4.79 Å². The monoisotopic (exact) mass is 382 g/mol. The van der Waals surface area contributed by atoms with Crippen LogP contribution in [-0.4, -0.2) is 76.2 Å². The van der Waals surface area contributed by atoms with Crippen LogP contribution in [-0.2, 0) is 19.2 Å². The van der Waals surface area contributed by atoms with Gasteiger partial charge in [0.25, 0.3) is 0 Å². The number of carbonyl (C=O) groups is 4. The Hall–Kier alpha value is -1.50. The summed E-state index contributed by atoms with van der Waals surface area (Å²) in [4.78, 5) is 46.3. The van der Waals surface area contributed by atoms with E-state index in [4.69, 9.17) is 15.9 Å². The SMILES string of the molecule is CC(NC(=O)C(CS)NC(=O)C(N)CO)C(=O)NC(CS)C(=O)O. The molecule has 0 heterocycles. The molecule has 0 aromatic carbocycles. The van der Waals surface area contributed by atoms with Gasteiger partial charge in [0, 0.05) is 11.5 Å². The highest BCUT2D eigenvalue weighted by Crippen LogP contribution is 1.95. The molecule has 0 saturated heterocycles. The van der Waals surface area contributed by atoms with E-state index in [1.165, 1.54) is 6.92 Å². The number of aliphatic hydroxyl groups excluding tert-OH is 1. The van der Waals surface area contributed by atoms with Gasteiger partial charge in [-0.05, 0) is 6.92 Å². The Morgan fingerprint density at radius 2 is 1.46 bits per heavy atom. The average Bonchev–Trinajstić information content (AvgIpc) is 2.55. The molecular weight excluding hydrogens is 360 g/mol. The van der Waals surface area contributed by atoms with Crippen molar-refractivity contribution in [2.24, 2.45) is 5.73 Å². The van der Waals surface area contributed by atoms with Crippen LogP contribution in [0.1, 0.15) is 6.92 Å². The number of carboxylic acids is 1. The Morgan fingerprint density at radius 3 is 1.88 bits per heavy atom. The fourth-order valence-corrected chi connectivity index (χ4v) is 1.92. The van der Waals surface area contributed by atoms with E-state index in [2.05, 4.69) is 41.2 Å². The molecule has 0 aliphatic rings. The maximum absolute atomic E-state index is 12.0. The van der Waals surface area contributed by atoms with E-state index < -0.39 is 54.5 Å². The third-order valence-electron chi connectivity index (χ3n) is 2.90. The van der Waals surface area contributed by atoms with Crippen LogP contribution in [0.2, 0.25) is 0 Å². The van der Waals surface area contributed by atoms with Gasteiger partial charge in [0.15, 0.2) is 0 Å². The average molecular weight is 382 g/mol. The number of carboxylic acid groups (broad SMARTS) is 1. The highest BCUT2D eigenvalue weighted by molar-refractivity contribution is 7.80. The van der Waals surface area contributed by atoms with E-state index >= 15 is 0 Å². The molecule has 0 spiro atoms. The third-order valence-corrected chi connectivity index (χ3v) is 3.63. The number of rotatable bonds is 10. The zero-order chi connectivity index (χ0) is 18.9. The molecule has 0 radical (unpaired) electrons. The molecular formula is C12H22N4O6S2. The first-order chi connectivity index (χ1) is 11.2. The largest absolute Gasteiger partial charge is 0.480 e. The van der Waals surface area contributed by atoms with Gasteiger partial charge in [0.05, 0.1) is 6.61 Å². The first-order valence-electron chi connectivity index (χ1n) is 6.89. The van der Waals surface area contributed by atoms with E-state index in [1.54, 1.807) is 0 Å². The normalized spacial score (nSPS) is 15.5. The van der Waals surface area contributed by atoms with Gasteiger partial charge in [-0.3, -0.25) is 14.4 Å². The molecule has 138 valence electrons. The predicted molar refractivity (Wildman–Crippen MR) is 91.9 cm³/mol. The van der Waals surface area contributed by atoms with Crippen LogP contribution < -0.4 is 21.7 Å². The molecule has 0 aromatic heterocycles. The van der Waals surface area contributed by atoms with Crippen LogP contribution in [0.15, 0.2) is 0 Å². The van der Waals surface area contributed by atoms with Crippen LogP contribution in [0.3, 0.4) is 0 Å². The summed E-state index contributed by atoms with van der Waals surface area (Å²) in [5, 5.41) is 24.4. The summed E-state index contributed by atoms with van der Waals surface area (Å²) in [6.45, 7) is 0.757. The second kappa shape index (κ2) is 11.1. The van der Waals surface area contributed by atoms with E-state index in [0.29, 0.717) is 0 Å². The number of aliphatic carboxylic acids is 1. The highest BCUT2D eigenvalue weighted by atomic mass is 32.1. The van der Waals surface area contributed by atoms with Gasteiger partial charge >= 0.3 is 5.97 Å². The van der Waals surface area contributed by atoms with Crippen molar-refractivity contribution < 1.29 is 29.4 Å². The third kappa shape index (κ3) is 7.38. The Bertz CT molecular complexity index is 478. The first-order valence-corrected chi connectivity index (χ1v) is 8.16. The lowest BCUT2D eigenvalue weighted by Gasteiger charge is -2.22. The van der Waals surface area contributed by atoms with Gasteiger partial charge in [-0.15, -0.1) is 0 Å². The Labute approximate surface area is 149 Å². The standard InChI is InChI=1S/C12H22N4O6S2/c1-5(9(18)16-8(4-24)12(21)22)14-11(20)7(3-23)15-10(19)6(13)2-17/h5-8,17,23-24H,2-4,13H2,1H3,(H,14,20)(H,15,19)(H,16,18)(H,21,22). The predicted octanol–water partition coefficient (Wildman–Crippen LogP) is -3.28. The Balaban J connectivity index is 4.67. The van der Waals surface area contributed by atoms with Gasteiger partial charge in [-0.1, -0.05) is 0 Å². The van der Waals surface area contributed by atoms with Crippen molar-refractivity contribution in [3.63, 3.8) is 0 Å². The Kier molecular flexibility index (Phi) is 10.4. The molecule has 0 aromatic rings. The number of carbonyl (C=O) groups excluding carboxylic acids is 3. The van der Waals surface area contributed by atoms with Crippen molar-refractivity contribution in [3.8, 4) is 0 Å². The van der Waals surface area contributed by atoms with Crippen molar-refractivity contribution in [1.29, 1.82) is 0 Å². The molecule has 0 bridgehead atoms. The van der Waals surface area contributed by atoms with Crippen molar-refractivity contribution in [1.82, 2.24) is 16.0 Å². The second-order valence-corrected chi connectivity index (χ2v) is 5.58. The topological polar surface area (TPSA) is 171 Å².